The Morgan fingerprint density at radius 1 is 1.42 bits per heavy atom. The molecule has 0 saturated carbocycles. The molecule has 1 aliphatic heterocycles. The lowest BCUT2D eigenvalue weighted by Crippen LogP contribution is -2.50. The number of anilines is 1. The molecule has 1 saturated heterocycles. The van der Waals surface area contributed by atoms with Gasteiger partial charge in [0, 0.05) is 17.5 Å². The molecule has 3 heterocycles. The van der Waals surface area contributed by atoms with Gasteiger partial charge in [0.15, 0.2) is 5.82 Å². The summed E-state index contributed by atoms with van der Waals surface area (Å²) in [4.78, 5) is 14.9. The topological polar surface area (TPSA) is 95.2 Å². The van der Waals surface area contributed by atoms with Crippen LogP contribution in [0.3, 0.4) is 0 Å². The first kappa shape index (κ1) is 19.1. The van der Waals surface area contributed by atoms with Gasteiger partial charge in [0.2, 0.25) is 15.9 Å². The van der Waals surface area contributed by atoms with Gasteiger partial charge in [-0.3, -0.25) is 9.89 Å². The molecule has 9 heteroatoms. The molecule has 26 heavy (non-hydrogen) atoms. The van der Waals surface area contributed by atoms with Crippen molar-refractivity contribution in [3.8, 4) is 10.6 Å². The van der Waals surface area contributed by atoms with Crippen molar-refractivity contribution in [1.82, 2.24) is 14.5 Å². The molecule has 1 amide bonds. The molecule has 0 bridgehead atoms. The molecule has 2 aromatic rings. The lowest BCUT2D eigenvalue weighted by molar-refractivity contribution is -0.120. The van der Waals surface area contributed by atoms with Crippen LogP contribution in [0.1, 0.15) is 37.5 Å². The summed E-state index contributed by atoms with van der Waals surface area (Å²) in [5.41, 5.74) is 0.831. The van der Waals surface area contributed by atoms with Crippen molar-refractivity contribution in [2.24, 2.45) is 0 Å². The fourth-order valence-electron chi connectivity index (χ4n) is 3.18. The molecular weight excluding hydrogens is 372 g/mol. The van der Waals surface area contributed by atoms with Crippen LogP contribution in [0.25, 0.3) is 10.6 Å². The maximum atomic E-state index is 12.7. The van der Waals surface area contributed by atoms with E-state index in [2.05, 4.69) is 15.5 Å². The highest BCUT2D eigenvalue weighted by Gasteiger charge is 2.36. The monoisotopic (exact) mass is 396 g/mol. The Bertz CT molecular complexity index is 872. The van der Waals surface area contributed by atoms with E-state index in [9.17, 15) is 13.2 Å². The number of hydrogen-bond acceptors (Lipinski definition) is 5. The number of aryl methyl sites for hydroxylation is 1. The first-order valence-corrected chi connectivity index (χ1v) is 11.3. The normalized spacial score (nSPS) is 18.8. The van der Waals surface area contributed by atoms with E-state index in [4.69, 9.17) is 0 Å². The number of piperidine rings is 1. The van der Waals surface area contributed by atoms with Gasteiger partial charge in [0.05, 0.1) is 16.3 Å². The van der Waals surface area contributed by atoms with Gasteiger partial charge in [-0.15, -0.1) is 11.3 Å². The zero-order valence-corrected chi connectivity index (χ0v) is 16.6. The number of thiophene rings is 1. The minimum Gasteiger partial charge on any atom is -0.308 e. The Kier molecular flexibility index (Phi) is 5.79. The Labute approximate surface area is 157 Å². The number of H-pyrrole nitrogens is 1. The predicted molar refractivity (Wildman–Crippen MR) is 104 cm³/mol. The Morgan fingerprint density at radius 2 is 2.23 bits per heavy atom. The lowest BCUT2D eigenvalue weighted by atomic mass is 10.0. The number of sulfonamides is 1. The van der Waals surface area contributed by atoms with E-state index in [1.54, 1.807) is 17.4 Å². The summed E-state index contributed by atoms with van der Waals surface area (Å²) in [5.74, 6) is 0.167. The highest BCUT2D eigenvalue weighted by molar-refractivity contribution is 7.89. The Morgan fingerprint density at radius 3 is 2.92 bits per heavy atom. The third-order valence-corrected chi connectivity index (χ3v) is 7.52. The molecule has 3 rings (SSSR count). The van der Waals surface area contributed by atoms with Crippen LogP contribution in [0.4, 0.5) is 5.82 Å². The van der Waals surface area contributed by atoms with Gasteiger partial charge >= 0.3 is 0 Å². The minimum absolute atomic E-state index is 0.0705. The summed E-state index contributed by atoms with van der Waals surface area (Å²) >= 11 is 1.64. The number of hydrogen-bond donors (Lipinski definition) is 2. The second-order valence-electron chi connectivity index (χ2n) is 6.50. The van der Waals surface area contributed by atoms with E-state index >= 15 is 0 Å². The molecule has 0 aliphatic carbocycles. The van der Waals surface area contributed by atoms with Gasteiger partial charge in [-0.1, -0.05) is 13.3 Å². The highest BCUT2D eigenvalue weighted by Crippen LogP contribution is 2.28. The van der Waals surface area contributed by atoms with Crippen LogP contribution in [0, 0.1) is 6.92 Å². The van der Waals surface area contributed by atoms with E-state index in [0.717, 1.165) is 23.4 Å². The molecule has 0 radical (unpaired) electrons. The Hall–Kier alpha value is -1.71. The number of nitrogens with one attached hydrogen (secondary N) is 2. The molecule has 1 unspecified atom stereocenters. The Balaban J connectivity index is 1.73. The second-order valence-corrected chi connectivity index (χ2v) is 9.83. The van der Waals surface area contributed by atoms with Crippen LogP contribution in [-0.4, -0.2) is 47.2 Å². The summed E-state index contributed by atoms with van der Waals surface area (Å²) in [5, 5.41) is 9.83. The van der Waals surface area contributed by atoms with Gasteiger partial charge < -0.3 is 5.32 Å². The van der Waals surface area contributed by atoms with Crippen LogP contribution in [-0.2, 0) is 14.8 Å². The summed E-state index contributed by atoms with van der Waals surface area (Å²) in [6.07, 6.45) is 2.71. The lowest BCUT2D eigenvalue weighted by Gasteiger charge is -2.33. The first-order valence-electron chi connectivity index (χ1n) is 8.83. The summed E-state index contributed by atoms with van der Waals surface area (Å²) < 4.78 is 26.3. The highest BCUT2D eigenvalue weighted by atomic mass is 32.2. The molecule has 0 aromatic carbocycles. The SMILES string of the molecule is CCCS(=O)(=O)N1CCCCC1C(=O)Nc1cc(-c2ccc(C)s2)[nH]n1. The van der Waals surface area contributed by atoms with Crippen molar-refractivity contribution in [3.05, 3.63) is 23.1 Å². The zero-order chi connectivity index (χ0) is 18.7. The van der Waals surface area contributed by atoms with Crippen molar-refractivity contribution in [3.63, 3.8) is 0 Å². The summed E-state index contributed by atoms with van der Waals surface area (Å²) in [6, 6.07) is 5.14. The van der Waals surface area contributed by atoms with Crippen LogP contribution in [0.15, 0.2) is 18.2 Å². The van der Waals surface area contributed by atoms with Crippen molar-refractivity contribution in [2.75, 3.05) is 17.6 Å². The molecule has 1 aliphatic rings. The molecule has 2 aromatic heterocycles. The number of nitrogens with zero attached hydrogens (tertiary/aromatic N) is 2. The molecule has 0 spiro atoms. The number of rotatable bonds is 6. The third kappa shape index (κ3) is 4.16. The average Bonchev–Trinajstić information content (AvgIpc) is 3.23. The largest absolute Gasteiger partial charge is 0.308 e. The fourth-order valence-corrected chi connectivity index (χ4v) is 5.76. The maximum Gasteiger partial charge on any atom is 0.244 e. The van der Waals surface area contributed by atoms with Crippen LogP contribution >= 0.6 is 11.3 Å². The number of aromatic amines is 1. The number of amides is 1. The summed E-state index contributed by atoms with van der Waals surface area (Å²) in [6.45, 7) is 4.26. The average molecular weight is 397 g/mol. The molecule has 1 atom stereocenters. The maximum absolute atomic E-state index is 12.7. The quantitative estimate of drug-likeness (QED) is 0.785. The van der Waals surface area contributed by atoms with Crippen molar-refractivity contribution in [2.45, 2.75) is 45.6 Å². The molecule has 142 valence electrons. The van der Waals surface area contributed by atoms with Crippen molar-refractivity contribution >= 4 is 33.1 Å². The van der Waals surface area contributed by atoms with Crippen molar-refractivity contribution < 1.29 is 13.2 Å². The van der Waals surface area contributed by atoms with E-state index in [-0.39, 0.29) is 11.7 Å². The minimum atomic E-state index is -3.41. The number of carbonyl (C=O) groups is 1. The first-order chi connectivity index (χ1) is 12.4. The van der Waals surface area contributed by atoms with Gasteiger partial charge in [0.25, 0.3) is 0 Å². The van der Waals surface area contributed by atoms with Gasteiger partial charge in [-0.2, -0.15) is 9.40 Å². The van der Waals surface area contributed by atoms with Crippen LogP contribution in [0.5, 0.6) is 0 Å². The molecule has 2 N–H and O–H groups in total. The van der Waals surface area contributed by atoms with Crippen molar-refractivity contribution in [1.29, 1.82) is 0 Å². The molecular formula is C17H24N4O3S2. The smallest absolute Gasteiger partial charge is 0.244 e. The second kappa shape index (κ2) is 7.89. The number of aromatic nitrogens is 2. The zero-order valence-electron chi connectivity index (χ0n) is 15.0. The van der Waals surface area contributed by atoms with E-state index < -0.39 is 16.1 Å². The standard InChI is InChI=1S/C17H24N4O3S2/c1-3-10-26(23,24)21-9-5-4-6-14(21)17(22)18-16-11-13(19-20-16)15-8-7-12(2)25-15/h7-8,11,14H,3-6,9-10H2,1-2H3,(H2,18,19,20,22). The van der Waals surface area contributed by atoms with Gasteiger partial charge in [-0.05, 0) is 38.3 Å². The van der Waals surface area contributed by atoms with Gasteiger partial charge in [-0.25, -0.2) is 8.42 Å². The summed E-state index contributed by atoms with van der Waals surface area (Å²) in [7, 11) is -3.41. The van der Waals surface area contributed by atoms with Crippen LogP contribution in [0.2, 0.25) is 0 Å². The van der Waals surface area contributed by atoms with E-state index in [0.29, 0.717) is 25.2 Å². The molecule has 1 fully saturated rings. The number of carbonyl (C=O) groups excluding carboxylic acids is 1. The van der Waals surface area contributed by atoms with Gasteiger partial charge in [0.1, 0.15) is 6.04 Å². The third-order valence-electron chi connectivity index (χ3n) is 4.41. The molecule has 7 nitrogen and oxygen atoms in total. The predicted octanol–water partition coefficient (Wildman–Crippen LogP) is 2.98. The van der Waals surface area contributed by atoms with E-state index in [1.807, 2.05) is 26.0 Å². The fraction of sp³-hybridized carbons (Fsp3) is 0.529. The van der Waals surface area contributed by atoms with Crippen LogP contribution < -0.4 is 5.32 Å². The van der Waals surface area contributed by atoms with E-state index in [1.165, 1.54) is 9.18 Å².